The van der Waals surface area contributed by atoms with Crippen molar-refractivity contribution in [3.8, 4) is 5.75 Å². The number of para-hydroxylation sites is 1. The van der Waals surface area contributed by atoms with Crippen LogP contribution in [0.15, 0.2) is 40.9 Å². The van der Waals surface area contributed by atoms with Gasteiger partial charge in [0.1, 0.15) is 24.7 Å². The third-order valence-electron chi connectivity index (χ3n) is 2.02. The molecular weight excluding hydrogens is 206 g/mol. The van der Waals surface area contributed by atoms with Crippen molar-refractivity contribution in [3.05, 3.63) is 47.9 Å². The first-order valence-electron chi connectivity index (χ1n) is 5.00. The van der Waals surface area contributed by atoms with Crippen molar-refractivity contribution in [3.63, 3.8) is 0 Å². The Bertz CT molecular complexity index is 425. The molecule has 16 heavy (non-hydrogen) atoms. The smallest absolute Gasteiger partial charge is 0.162 e. The number of aromatic nitrogens is 1. The molecule has 1 heterocycles. The van der Waals surface area contributed by atoms with Crippen LogP contribution in [0.4, 0.5) is 0 Å². The van der Waals surface area contributed by atoms with Gasteiger partial charge in [0.05, 0.1) is 0 Å². The fraction of sp³-hybridized carbons (Fsp3) is 0.250. The van der Waals surface area contributed by atoms with E-state index in [1.807, 2.05) is 36.4 Å². The molecule has 0 spiro atoms. The van der Waals surface area contributed by atoms with Gasteiger partial charge in [-0.25, -0.2) is 0 Å². The molecule has 1 aromatic heterocycles. The summed E-state index contributed by atoms with van der Waals surface area (Å²) in [4.78, 5) is 0. The van der Waals surface area contributed by atoms with Crippen LogP contribution >= 0.6 is 0 Å². The normalized spacial score (nSPS) is 10.3. The summed E-state index contributed by atoms with van der Waals surface area (Å²) in [6, 6.07) is 11.4. The molecule has 0 atom stereocenters. The van der Waals surface area contributed by atoms with Crippen molar-refractivity contribution in [2.75, 3.05) is 7.11 Å². The molecule has 0 saturated heterocycles. The van der Waals surface area contributed by atoms with Crippen LogP contribution in [0.1, 0.15) is 11.5 Å². The van der Waals surface area contributed by atoms with Gasteiger partial charge in [-0.2, -0.15) is 0 Å². The Balaban J connectivity index is 1.89. The number of hydrogen-bond acceptors (Lipinski definition) is 4. The van der Waals surface area contributed by atoms with E-state index in [4.69, 9.17) is 14.0 Å². The molecule has 84 valence electrons. The van der Waals surface area contributed by atoms with Crippen LogP contribution in [0.3, 0.4) is 0 Å². The highest BCUT2D eigenvalue weighted by molar-refractivity contribution is 5.21. The first-order valence-corrected chi connectivity index (χ1v) is 5.00. The molecule has 0 amide bonds. The fourth-order valence-corrected chi connectivity index (χ4v) is 1.31. The molecular formula is C12H13NO3. The summed E-state index contributed by atoms with van der Waals surface area (Å²) >= 11 is 0. The minimum atomic E-state index is 0.400. The predicted molar refractivity (Wildman–Crippen MR) is 58.0 cm³/mol. The number of rotatable bonds is 5. The number of methoxy groups -OCH3 is 1. The lowest BCUT2D eigenvalue weighted by atomic mass is 10.3. The van der Waals surface area contributed by atoms with Crippen LogP contribution in [0, 0.1) is 0 Å². The minimum absolute atomic E-state index is 0.400. The zero-order valence-corrected chi connectivity index (χ0v) is 9.05. The number of nitrogens with zero attached hydrogens (tertiary/aromatic N) is 1. The van der Waals surface area contributed by atoms with Gasteiger partial charge in [0, 0.05) is 13.2 Å². The lowest BCUT2D eigenvalue weighted by Gasteiger charge is -2.01. The van der Waals surface area contributed by atoms with E-state index in [1.54, 1.807) is 7.11 Å². The van der Waals surface area contributed by atoms with Crippen LogP contribution in [-0.4, -0.2) is 12.3 Å². The number of benzene rings is 1. The summed E-state index contributed by atoms with van der Waals surface area (Å²) in [5, 5.41) is 3.87. The van der Waals surface area contributed by atoms with Crippen molar-refractivity contribution in [2.45, 2.75) is 13.2 Å². The highest BCUT2D eigenvalue weighted by atomic mass is 16.5. The van der Waals surface area contributed by atoms with E-state index in [-0.39, 0.29) is 0 Å². The maximum Gasteiger partial charge on any atom is 0.162 e. The van der Waals surface area contributed by atoms with Crippen molar-refractivity contribution < 1.29 is 14.0 Å². The van der Waals surface area contributed by atoms with E-state index in [2.05, 4.69) is 5.16 Å². The molecule has 2 rings (SSSR count). The Hall–Kier alpha value is -1.81. The molecule has 0 aliphatic carbocycles. The van der Waals surface area contributed by atoms with Crippen LogP contribution < -0.4 is 4.74 Å². The highest BCUT2D eigenvalue weighted by Gasteiger charge is 2.04. The minimum Gasteiger partial charge on any atom is -0.487 e. The Labute approximate surface area is 93.8 Å². The van der Waals surface area contributed by atoms with Crippen LogP contribution in [-0.2, 0) is 18.0 Å². The van der Waals surface area contributed by atoms with E-state index in [0.717, 1.165) is 11.4 Å². The van der Waals surface area contributed by atoms with Crippen molar-refractivity contribution >= 4 is 0 Å². The lowest BCUT2D eigenvalue weighted by molar-refractivity contribution is 0.155. The van der Waals surface area contributed by atoms with E-state index in [0.29, 0.717) is 19.0 Å². The fourth-order valence-electron chi connectivity index (χ4n) is 1.31. The maximum absolute atomic E-state index is 5.52. The zero-order chi connectivity index (χ0) is 11.2. The summed E-state index contributed by atoms with van der Waals surface area (Å²) in [5.74, 6) is 1.52. The third-order valence-corrected chi connectivity index (χ3v) is 2.02. The van der Waals surface area contributed by atoms with Gasteiger partial charge in [-0.1, -0.05) is 23.4 Å². The van der Waals surface area contributed by atoms with Gasteiger partial charge in [-0.3, -0.25) is 0 Å². The van der Waals surface area contributed by atoms with Crippen molar-refractivity contribution in [2.24, 2.45) is 0 Å². The average Bonchev–Trinajstić information content (AvgIpc) is 2.76. The second-order valence-corrected chi connectivity index (χ2v) is 3.32. The Morgan fingerprint density at radius 1 is 1.19 bits per heavy atom. The molecule has 0 N–H and O–H groups in total. The second-order valence-electron chi connectivity index (χ2n) is 3.32. The van der Waals surface area contributed by atoms with E-state index in [1.165, 1.54) is 0 Å². The monoisotopic (exact) mass is 219 g/mol. The largest absolute Gasteiger partial charge is 0.487 e. The van der Waals surface area contributed by atoms with Crippen LogP contribution in [0.25, 0.3) is 0 Å². The van der Waals surface area contributed by atoms with Gasteiger partial charge in [0.15, 0.2) is 5.76 Å². The molecule has 0 unspecified atom stereocenters. The molecule has 0 bridgehead atoms. The van der Waals surface area contributed by atoms with Gasteiger partial charge in [-0.15, -0.1) is 0 Å². The summed E-state index contributed by atoms with van der Waals surface area (Å²) in [6.45, 7) is 0.829. The van der Waals surface area contributed by atoms with Gasteiger partial charge >= 0.3 is 0 Å². The van der Waals surface area contributed by atoms with Crippen LogP contribution in [0.5, 0.6) is 5.75 Å². The summed E-state index contributed by atoms with van der Waals surface area (Å²) in [5.41, 5.74) is 0.760. The second kappa shape index (κ2) is 5.32. The molecule has 4 heteroatoms. The molecule has 0 radical (unpaired) electrons. The van der Waals surface area contributed by atoms with E-state index < -0.39 is 0 Å². The quantitative estimate of drug-likeness (QED) is 0.774. The molecule has 0 aliphatic heterocycles. The molecule has 1 aromatic carbocycles. The number of hydrogen-bond donors (Lipinski definition) is 0. The SMILES string of the molecule is COCc1cc(COc2ccccc2)no1. The highest BCUT2D eigenvalue weighted by Crippen LogP contribution is 2.12. The average molecular weight is 219 g/mol. The summed E-state index contributed by atoms with van der Waals surface area (Å²) < 4.78 is 15.5. The Morgan fingerprint density at radius 3 is 2.75 bits per heavy atom. The standard InChI is InChI=1S/C12H13NO3/c1-14-9-12-7-10(13-16-12)8-15-11-5-3-2-4-6-11/h2-7H,8-9H2,1H3. The maximum atomic E-state index is 5.52. The predicted octanol–water partition coefficient (Wildman–Crippen LogP) is 2.40. The molecule has 0 saturated carbocycles. The first kappa shape index (κ1) is 10.7. The molecule has 2 aromatic rings. The summed E-state index contributed by atoms with van der Waals surface area (Å²) in [6.07, 6.45) is 0. The molecule has 4 nitrogen and oxygen atoms in total. The lowest BCUT2D eigenvalue weighted by Crippen LogP contribution is -1.94. The van der Waals surface area contributed by atoms with Crippen molar-refractivity contribution in [1.82, 2.24) is 5.16 Å². The van der Waals surface area contributed by atoms with Gasteiger partial charge in [0.25, 0.3) is 0 Å². The Kier molecular flexibility index (Phi) is 3.56. The van der Waals surface area contributed by atoms with E-state index >= 15 is 0 Å². The molecule has 0 aliphatic rings. The summed E-state index contributed by atoms with van der Waals surface area (Å²) in [7, 11) is 1.61. The van der Waals surface area contributed by atoms with E-state index in [9.17, 15) is 0 Å². The van der Waals surface area contributed by atoms with Crippen LogP contribution in [0.2, 0.25) is 0 Å². The first-order chi connectivity index (χ1) is 7.88. The van der Waals surface area contributed by atoms with Gasteiger partial charge in [-0.05, 0) is 12.1 Å². The van der Waals surface area contributed by atoms with Crippen molar-refractivity contribution in [1.29, 1.82) is 0 Å². The van der Waals surface area contributed by atoms with Gasteiger partial charge < -0.3 is 14.0 Å². The Morgan fingerprint density at radius 2 is 2.00 bits per heavy atom. The number of ether oxygens (including phenoxy) is 2. The van der Waals surface area contributed by atoms with Gasteiger partial charge in [0.2, 0.25) is 0 Å². The topological polar surface area (TPSA) is 44.5 Å². The molecule has 0 fully saturated rings. The third kappa shape index (κ3) is 2.84. The zero-order valence-electron chi connectivity index (χ0n) is 9.05.